The van der Waals surface area contributed by atoms with Crippen molar-refractivity contribution in [3.8, 4) is 0 Å². The second-order valence-corrected chi connectivity index (χ2v) is 4.86. The Labute approximate surface area is 112 Å². The Balaban J connectivity index is 2.30. The number of carbonyl (C=O) groups is 3. The second kappa shape index (κ2) is 7.08. The summed E-state index contributed by atoms with van der Waals surface area (Å²) in [4.78, 5) is 35.4. The third-order valence-electron chi connectivity index (χ3n) is 2.93. The minimum Gasteiger partial charge on any atom is -0.481 e. The van der Waals surface area contributed by atoms with Crippen LogP contribution in [0.2, 0.25) is 0 Å². The molecule has 19 heavy (non-hydrogen) atoms. The molecule has 0 aliphatic heterocycles. The normalized spacial score (nSPS) is 15.9. The van der Waals surface area contributed by atoms with Crippen molar-refractivity contribution in [2.45, 2.75) is 32.7 Å². The van der Waals surface area contributed by atoms with Gasteiger partial charge in [-0.25, -0.2) is 4.79 Å². The molecule has 0 aromatic heterocycles. The van der Waals surface area contributed by atoms with Gasteiger partial charge in [0.1, 0.15) is 0 Å². The summed E-state index contributed by atoms with van der Waals surface area (Å²) in [6.45, 7) is 4.28. The lowest BCUT2D eigenvalue weighted by Crippen LogP contribution is -2.46. The molecule has 0 heterocycles. The van der Waals surface area contributed by atoms with Gasteiger partial charge < -0.3 is 10.4 Å². The molecule has 3 amide bonds. The maximum Gasteiger partial charge on any atom is 0.321 e. The lowest BCUT2D eigenvalue weighted by Gasteiger charge is -2.21. The molecule has 1 aliphatic rings. The summed E-state index contributed by atoms with van der Waals surface area (Å²) in [7, 11) is 0. The number of hydrogen-bond donors (Lipinski definition) is 3. The van der Waals surface area contributed by atoms with E-state index >= 15 is 0 Å². The summed E-state index contributed by atoms with van der Waals surface area (Å²) in [6.07, 6.45) is 1.91. The number of carbonyl (C=O) groups excluding carboxylic acids is 2. The Hall–Kier alpha value is -1.63. The van der Waals surface area contributed by atoms with Crippen molar-refractivity contribution in [3.63, 3.8) is 0 Å². The molecule has 1 atom stereocenters. The van der Waals surface area contributed by atoms with Crippen molar-refractivity contribution >= 4 is 17.9 Å². The van der Waals surface area contributed by atoms with Crippen molar-refractivity contribution in [1.29, 1.82) is 0 Å². The lowest BCUT2D eigenvalue weighted by molar-refractivity contribution is -0.142. The van der Waals surface area contributed by atoms with Crippen molar-refractivity contribution < 1.29 is 19.5 Å². The molecule has 0 aromatic rings. The predicted octanol–water partition coefficient (Wildman–Crippen LogP) is 0.0172. The van der Waals surface area contributed by atoms with Gasteiger partial charge in [0.05, 0.1) is 12.5 Å². The van der Waals surface area contributed by atoms with E-state index in [4.69, 9.17) is 5.11 Å². The maximum absolute atomic E-state index is 11.6. The van der Waals surface area contributed by atoms with Crippen LogP contribution in [0.15, 0.2) is 0 Å². The van der Waals surface area contributed by atoms with Gasteiger partial charge in [-0.05, 0) is 19.4 Å². The molecule has 7 nitrogen and oxygen atoms in total. The van der Waals surface area contributed by atoms with Crippen LogP contribution in [0.3, 0.4) is 0 Å². The first kappa shape index (κ1) is 15.4. The molecule has 0 bridgehead atoms. The van der Waals surface area contributed by atoms with E-state index in [9.17, 15) is 14.4 Å². The number of likely N-dealkylation sites (N-methyl/N-ethyl adjacent to an activating group) is 1. The van der Waals surface area contributed by atoms with Crippen LogP contribution >= 0.6 is 0 Å². The molecule has 0 aromatic carbocycles. The molecule has 108 valence electrons. The number of rotatable bonds is 7. The minimum atomic E-state index is -0.898. The van der Waals surface area contributed by atoms with E-state index in [2.05, 4.69) is 10.6 Å². The molecule has 7 heteroatoms. The monoisotopic (exact) mass is 271 g/mol. The Morgan fingerprint density at radius 3 is 2.47 bits per heavy atom. The Morgan fingerprint density at radius 2 is 2.00 bits per heavy atom. The van der Waals surface area contributed by atoms with Gasteiger partial charge in [0.25, 0.3) is 0 Å². The third-order valence-corrected chi connectivity index (χ3v) is 2.93. The lowest BCUT2D eigenvalue weighted by atomic mass is 10.1. The number of nitrogens with one attached hydrogen (secondary N) is 2. The van der Waals surface area contributed by atoms with E-state index in [1.165, 1.54) is 0 Å². The number of imide groups is 1. The fraction of sp³-hybridized carbons (Fsp3) is 0.750. The van der Waals surface area contributed by atoms with Crippen LogP contribution < -0.4 is 10.6 Å². The van der Waals surface area contributed by atoms with Crippen LogP contribution in [0, 0.1) is 5.92 Å². The van der Waals surface area contributed by atoms with Gasteiger partial charge >= 0.3 is 12.0 Å². The minimum absolute atomic E-state index is 0.0200. The molecule has 0 saturated heterocycles. The van der Waals surface area contributed by atoms with Crippen LogP contribution in [0.5, 0.6) is 0 Å². The molecule has 1 fully saturated rings. The predicted molar refractivity (Wildman–Crippen MR) is 68.6 cm³/mol. The standard InChI is InChI=1S/C12H21N3O4/c1-3-15(6-8(2)11(17)18)7-10(16)14-12(19)13-9-4-5-9/h8-9H,3-7H2,1-2H3,(H,17,18)(H2,13,14,16,19). The summed E-state index contributed by atoms with van der Waals surface area (Å²) in [5.41, 5.74) is 0. The SMILES string of the molecule is CCN(CC(=O)NC(=O)NC1CC1)CC(C)C(=O)O. The van der Waals surface area contributed by atoms with Gasteiger partial charge in [-0.15, -0.1) is 0 Å². The Morgan fingerprint density at radius 1 is 1.37 bits per heavy atom. The van der Waals surface area contributed by atoms with Crippen molar-refractivity contribution in [2.24, 2.45) is 5.92 Å². The molecule has 1 unspecified atom stereocenters. The average Bonchev–Trinajstić information content (AvgIpc) is 3.11. The fourth-order valence-corrected chi connectivity index (χ4v) is 1.59. The average molecular weight is 271 g/mol. The summed E-state index contributed by atoms with van der Waals surface area (Å²) >= 11 is 0. The zero-order valence-electron chi connectivity index (χ0n) is 11.3. The van der Waals surface area contributed by atoms with E-state index in [0.717, 1.165) is 12.8 Å². The van der Waals surface area contributed by atoms with Gasteiger partial charge in [-0.3, -0.25) is 19.8 Å². The zero-order valence-corrected chi connectivity index (χ0v) is 11.3. The van der Waals surface area contributed by atoms with Crippen molar-refractivity contribution in [1.82, 2.24) is 15.5 Å². The van der Waals surface area contributed by atoms with E-state index < -0.39 is 23.8 Å². The third kappa shape index (κ3) is 6.19. The number of amides is 3. The summed E-state index contributed by atoms with van der Waals surface area (Å²) in [5.74, 6) is -1.86. The maximum atomic E-state index is 11.6. The molecule has 3 N–H and O–H groups in total. The van der Waals surface area contributed by atoms with Crippen LogP contribution in [0.25, 0.3) is 0 Å². The van der Waals surface area contributed by atoms with E-state index in [1.54, 1.807) is 11.8 Å². The van der Waals surface area contributed by atoms with Crippen LogP contribution in [0.4, 0.5) is 4.79 Å². The van der Waals surface area contributed by atoms with Crippen LogP contribution in [-0.2, 0) is 9.59 Å². The highest BCUT2D eigenvalue weighted by atomic mass is 16.4. The Kier molecular flexibility index (Phi) is 5.75. The quantitative estimate of drug-likeness (QED) is 0.606. The van der Waals surface area contributed by atoms with Crippen molar-refractivity contribution in [3.05, 3.63) is 0 Å². The molecule has 1 aliphatic carbocycles. The summed E-state index contributed by atoms with van der Waals surface area (Å²) < 4.78 is 0. The smallest absolute Gasteiger partial charge is 0.321 e. The zero-order chi connectivity index (χ0) is 14.4. The first-order valence-corrected chi connectivity index (χ1v) is 6.47. The summed E-state index contributed by atoms with van der Waals surface area (Å²) in [5, 5.41) is 13.7. The molecule has 1 rings (SSSR count). The molecule has 0 radical (unpaired) electrons. The molecular weight excluding hydrogens is 250 g/mol. The molecule has 1 saturated carbocycles. The van der Waals surface area contributed by atoms with E-state index in [0.29, 0.717) is 6.54 Å². The van der Waals surface area contributed by atoms with Crippen LogP contribution in [0.1, 0.15) is 26.7 Å². The molecule has 0 spiro atoms. The Bertz CT molecular complexity index is 355. The number of urea groups is 1. The van der Waals surface area contributed by atoms with Gasteiger partial charge in [-0.2, -0.15) is 0 Å². The number of carboxylic acids is 1. The van der Waals surface area contributed by atoms with Gasteiger partial charge in [-0.1, -0.05) is 13.8 Å². The van der Waals surface area contributed by atoms with Gasteiger partial charge in [0, 0.05) is 12.6 Å². The first-order chi connectivity index (χ1) is 8.92. The highest BCUT2D eigenvalue weighted by molar-refractivity contribution is 5.95. The second-order valence-electron chi connectivity index (χ2n) is 4.86. The number of nitrogens with zero attached hydrogens (tertiary/aromatic N) is 1. The highest BCUT2D eigenvalue weighted by Gasteiger charge is 2.24. The van der Waals surface area contributed by atoms with E-state index in [-0.39, 0.29) is 19.1 Å². The first-order valence-electron chi connectivity index (χ1n) is 6.47. The number of carboxylic acid groups (broad SMARTS) is 1. The van der Waals surface area contributed by atoms with Crippen molar-refractivity contribution in [2.75, 3.05) is 19.6 Å². The number of hydrogen-bond acceptors (Lipinski definition) is 4. The fourth-order valence-electron chi connectivity index (χ4n) is 1.59. The molecular formula is C12H21N3O4. The van der Waals surface area contributed by atoms with Gasteiger partial charge in [0.2, 0.25) is 5.91 Å². The van der Waals surface area contributed by atoms with Crippen LogP contribution in [-0.4, -0.2) is 53.6 Å². The number of aliphatic carboxylic acids is 1. The summed E-state index contributed by atoms with van der Waals surface area (Å²) in [6, 6.07) is -0.281. The topological polar surface area (TPSA) is 98.7 Å². The largest absolute Gasteiger partial charge is 0.481 e. The van der Waals surface area contributed by atoms with E-state index in [1.807, 2.05) is 6.92 Å². The van der Waals surface area contributed by atoms with Gasteiger partial charge in [0.15, 0.2) is 0 Å². The highest BCUT2D eigenvalue weighted by Crippen LogP contribution is 2.18.